The van der Waals surface area contributed by atoms with Gasteiger partial charge in [0.2, 0.25) is 5.91 Å². The van der Waals surface area contributed by atoms with Crippen LogP contribution >= 0.6 is 0 Å². The van der Waals surface area contributed by atoms with Gasteiger partial charge >= 0.3 is 6.09 Å². The van der Waals surface area contributed by atoms with Crippen molar-refractivity contribution in [1.29, 1.82) is 0 Å². The molecule has 0 aromatic rings. The van der Waals surface area contributed by atoms with Crippen LogP contribution in [0.25, 0.3) is 0 Å². The second kappa shape index (κ2) is 6.63. The summed E-state index contributed by atoms with van der Waals surface area (Å²) in [5, 5.41) is 2.31. The second-order valence-corrected chi connectivity index (χ2v) is 4.64. The van der Waals surface area contributed by atoms with Gasteiger partial charge in [-0.25, -0.2) is 10.2 Å². The molecule has 0 heterocycles. The van der Waals surface area contributed by atoms with E-state index in [2.05, 4.69) is 22.7 Å². The lowest BCUT2D eigenvalue weighted by molar-refractivity contribution is -0.124. The Balaban J connectivity index is 3.88. The van der Waals surface area contributed by atoms with Gasteiger partial charge < -0.3 is 10.1 Å². The van der Waals surface area contributed by atoms with Gasteiger partial charge in [0.05, 0.1) is 6.54 Å². The van der Waals surface area contributed by atoms with E-state index in [1.54, 1.807) is 20.8 Å². The number of ether oxygens (including phenoxy) is 1. The molecule has 18 heavy (non-hydrogen) atoms. The van der Waals surface area contributed by atoms with Crippen molar-refractivity contribution >= 4 is 17.9 Å². The molecule has 0 unspecified atom stereocenters. The molecule has 0 aromatic carbocycles. The summed E-state index contributed by atoms with van der Waals surface area (Å²) in [5.41, 5.74) is 3.79. The van der Waals surface area contributed by atoms with E-state index >= 15 is 0 Å². The molecule has 7 nitrogen and oxygen atoms in total. The van der Waals surface area contributed by atoms with Gasteiger partial charge in [-0.05, 0) is 27.7 Å². The van der Waals surface area contributed by atoms with Crippen molar-refractivity contribution in [3.05, 3.63) is 12.2 Å². The third-order valence-electron chi connectivity index (χ3n) is 1.50. The zero-order valence-electron chi connectivity index (χ0n) is 11.0. The van der Waals surface area contributed by atoms with Crippen LogP contribution in [0.3, 0.4) is 0 Å². The summed E-state index contributed by atoms with van der Waals surface area (Å²) in [5.74, 6) is -1.00. The first-order valence-electron chi connectivity index (χ1n) is 5.33. The van der Waals surface area contributed by atoms with Crippen molar-refractivity contribution in [3.8, 4) is 0 Å². The largest absolute Gasteiger partial charge is 0.443 e. The maximum absolute atomic E-state index is 11.2. The maximum atomic E-state index is 11.2. The number of hydrogen-bond donors (Lipinski definition) is 3. The Labute approximate surface area is 106 Å². The number of rotatable bonds is 3. The standard InChI is InChI=1S/C11H19N3O4/c1-7(2)9(16)12-6-8(15)13-14-10(17)18-11(3,4)5/h1,6H2,2-5H3,(H,12,16)(H,13,15)(H,14,17). The van der Waals surface area contributed by atoms with E-state index in [1.807, 2.05) is 0 Å². The molecule has 3 amide bonds. The summed E-state index contributed by atoms with van der Waals surface area (Å²) in [4.78, 5) is 33.4. The minimum absolute atomic E-state index is 0.262. The molecule has 0 aliphatic carbocycles. The van der Waals surface area contributed by atoms with Crippen LogP contribution in [-0.2, 0) is 14.3 Å². The first-order chi connectivity index (χ1) is 8.11. The predicted molar refractivity (Wildman–Crippen MR) is 65.3 cm³/mol. The highest BCUT2D eigenvalue weighted by Gasteiger charge is 2.16. The van der Waals surface area contributed by atoms with Gasteiger partial charge in [-0.1, -0.05) is 6.58 Å². The predicted octanol–water partition coefficient (Wildman–Crippen LogP) is 0.235. The van der Waals surface area contributed by atoms with E-state index in [9.17, 15) is 14.4 Å². The second-order valence-electron chi connectivity index (χ2n) is 4.64. The molecule has 0 fully saturated rings. The lowest BCUT2D eigenvalue weighted by atomic mass is 10.2. The monoisotopic (exact) mass is 257 g/mol. The topological polar surface area (TPSA) is 96.5 Å². The Morgan fingerprint density at radius 1 is 1.17 bits per heavy atom. The Morgan fingerprint density at radius 3 is 2.17 bits per heavy atom. The molecule has 0 saturated carbocycles. The highest BCUT2D eigenvalue weighted by atomic mass is 16.6. The molecule has 0 aromatic heterocycles. The van der Waals surface area contributed by atoms with E-state index in [0.29, 0.717) is 5.57 Å². The van der Waals surface area contributed by atoms with E-state index in [0.717, 1.165) is 0 Å². The van der Waals surface area contributed by atoms with Crippen LogP contribution < -0.4 is 16.2 Å². The molecule has 7 heteroatoms. The van der Waals surface area contributed by atoms with Crippen molar-refractivity contribution in [2.45, 2.75) is 33.3 Å². The summed E-state index contributed by atoms with van der Waals surface area (Å²) in [6.07, 6.45) is -0.776. The van der Waals surface area contributed by atoms with Gasteiger partial charge in [-0.2, -0.15) is 0 Å². The highest BCUT2D eigenvalue weighted by molar-refractivity contribution is 5.94. The van der Waals surface area contributed by atoms with Crippen molar-refractivity contribution in [2.24, 2.45) is 0 Å². The van der Waals surface area contributed by atoms with Gasteiger partial charge in [0.25, 0.3) is 5.91 Å². The van der Waals surface area contributed by atoms with Gasteiger partial charge in [0.1, 0.15) is 5.60 Å². The minimum atomic E-state index is -0.776. The first kappa shape index (κ1) is 16.0. The van der Waals surface area contributed by atoms with Crippen LogP contribution in [0.2, 0.25) is 0 Å². The molecule has 0 bridgehead atoms. The van der Waals surface area contributed by atoms with Crippen LogP contribution in [-0.4, -0.2) is 30.1 Å². The zero-order chi connectivity index (χ0) is 14.3. The van der Waals surface area contributed by atoms with E-state index in [4.69, 9.17) is 4.74 Å². The molecule has 0 aliphatic rings. The summed E-state index contributed by atoms with van der Waals surface area (Å²) < 4.78 is 4.89. The van der Waals surface area contributed by atoms with Crippen molar-refractivity contribution < 1.29 is 19.1 Å². The fourth-order valence-corrected chi connectivity index (χ4v) is 0.780. The number of hydrogen-bond acceptors (Lipinski definition) is 4. The Morgan fingerprint density at radius 2 is 1.72 bits per heavy atom. The molecule has 0 radical (unpaired) electrons. The summed E-state index contributed by atoms with van der Waals surface area (Å²) in [6.45, 7) is 9.76. The van der Waals surface area contributed by atoms with Crippen LogP contribution in [0.1, 0.15) is 27.7 Å². The van der Waals surface area contributed by atoms with Crippen molar-refractivity contribution in [2.75, 3.05) is 6.54 Å². The fraction of sp³-hybridized carbons (Fsp3) is 0.545. The lowest BCUT2D eigenvalue weighted by Crippen LogP contribution is -2.47. The number of carbonyl (C=O) groups excluding carboxylic acids is 3. The minimum Gasteiger partial charge on any atom is -0.443 e. The summed E-state index contributed by atoms with van der Waals surface area (Å²) in [6, 6.07) is 0. The van der Waals surface area contributed by atoms with Gasteiger partial charge in [0.15, 0.2) is 0 Å². The summed E-state index contributed by atoms with van der Waals surface area (Å²) >= 11 is 0. The number of amides is 3. The third-order valence-corrected chi connectivity index (χ3v) is 1.50. The molecule has 0 saturated heterocycles. The molecule has 0 rings (SSSR count). The molecule has 3 N–H and O–H groups in total. The molecule has 0 aliphatic heterocycles. The van der Waals surface area contributed by atoms with Crippen LogP contribution in [0, 0.1) is 0 Å². The summed E-state index contributed by atoms with van der Waals surface area (Å²) in [7, 11) is 0. The first-order valence-corrected chi connectivity index (χ1v) is 5.33. The normalized spacial score (nSPS) is 10.2. The smallest absolute Gasteiger partial charge is 0.426 e. The fourth-order valence-electron chi connectivity index (χ4n) is 0.780. The van der Waals surface area contributed by atoms with E-state index < -0.39 is 23.5 Å². The molecular formula is C11H19N3O4. The SMILES string of the molecule is C=C(C)C(=O)NCC(=O)NNC(=O)OC(C)(C)C. The van der Waals surface area contributed by atoms with Crippen LogP contribution in [0.5, 0.6) is 0 Å². The number of nitrogens with one attached hydrogen (secondary N) is 3. The average molecular weight is 257 g/mol. The van der Waals surface area contributed by atoms with Gasteiger partial charge in [0, 0.05) is 5.57 Å². The Kier molecular flexibility index (Phi) is 5.87. The molecule has 0 spiro atoms. The number of hydrazine groups is 1. The van der Waals surface area contributed by atoms with Crippen LogP contribution in [0.4, 0.5) is 4.79 Å². The van der Waals surface area contributed by atoms with Crippen LogP contribution in [0.15, 0.2) is 12.2 Å². The quantitative estimate of drug-likeness (QED) is 0.498. The van der Waals surface area contributed by atoms with E-state index in [-0.39, 0.29) is 6.54 Å². The Bertz CT molecular complexity index is 358. The molecule has 102 valence electrons. The van der Waals surface area contributed by atoms with Crippen molar-refractivity contribution in [3.63, 3.8) is 0 Å². The van der Waals surface area contributed by atoms with Gasteiger partial charge in [-0.3, -0.25) is 15.0 Å². The third kappa shape index (κ3) is 8.14. The van der Waals surface area contributed by atoms with E-state index in [1.165, 1.54) is 6.92 Å². The zero-order valence-corrected chi connectivity index (χ0v) is 11.0. The maximum Gasteiger partial charge on any atom is 0.426 e. The number of carbonyl (C=O) groups is 3. The average Bonchev–Trinajstić information content (AvgIpc) is 2.20. The lowest BCUT2D eigenvalue weighted by Gasteiger charge is -2.19. The highest BCUT2D eigenvalue weighted by Crippen LogP contribution is 2.05. The molecular weight excluding hydrogens is 238 g/mol. The Hall–Kier alpha value is -2.05. The van der Waals surface area contributed by atoms with Gasteiger partial charge in [-0.15, -0.1) is 0 Å². The molecule has 0 atom stereocenters. The van der Waals surface area contributed by atoms with Crippen molar-refractivity contribution in [1.82, 2.24) is 16.2 Å².